The summed E-state index contributed by atoms with van der Waals surface area (Å²) in [6.07, 6.45) is 2.90. The smallest absolute Gasteiger partial charge is 0.255 e. The Morgan fingerprint density at radius 1 is 1.19 bits per heavy atom. The zero-order valence-electron chi connectivity index (χ0n) is 18.2. The molecule has 0 radical (unpaired) electrons. The number of amides is 1. The van der Waals surface area contributed by atoms with Gasteiger partial charge in [0.15, 0.2) is 5.78 Å². The predicted octanol–water partition coefficient (Wildman–Crippen LogP) is 5.29. The maximum absolute atomic E-state index is 13.4. The molecule has 160 valence electrons. The van der Waals surface area contributed by atoms with E-state index in [1.54, 1.807) is 18.3 Å². The van der Waals surface area contributed by atoms with Gasteiger partial charge in [0.05, 0.1) is 0 Å². The first-order valence-electron chi connectivity index (χ1n) is 10.4. The summed E-state index contributed by atoms with van der Waals surface area (Å²) < 4.78 is 0. The average molecular weight is 436 g/mol. The second-order valence-corrected chi connectivity index (χ2v) is 9.60. The van der Waals surface area contributed by atoms with E-state index in [0.29, 0.717) is 28.4 Å². The van der Waals surface area contributed by atoms with Crippen LogP contribution in [0.4, 0.5) is 5.82 Å². The quantitative estimate of drug-likeness (QED) is 0.687. The van der Waals surface area contributed by atoms with E-state index in [1.807, 2.05) is 38.1 Å². The number of halogens is 1. The molecule has 0 fully saturated rings. The molecule has 1 aliphatic carbocycles. The van der Waals surface area contributed by atoms with Crippen molar-refractivity contribution in [1.29, 1.82) is 0 Å². The Kier molecular flexibility index (Phi) is 5.48. The molecule has 0 saturated carbocycles. The van der Waals surface area contributed by atoms with Crippen LogP contribution in [0.1, 0.15) is 50.7 Å². The van der Waals surface area contributed by atoms with Crippen molar-refractivity contribution in [1.82, 2.24) is 10.3 Å². The monoisotopic (exact) mass is 435 g/mol. The average Bonchev–Trinajstić information content (AvgIpc) is 2.67. The second kappa shape index (κ2) is 7.97. The van der Waals surface area contributed by atoms with E-state index >= 15 is 0 Å². The SMILES string of the molecule is CC1=C(C(=O)Nc2ccc(C)cn2)C(c2cccc(Cl)c2)C2=C(CC(C)(C)CC2=O)N1. The number of aryl methyl sites for hydroxylation is 1. The highest BCUT2D eigenvalue weighted by atomic mass is 35.5. The largest absolute Gasteiger partial charge is 0.362 e. The molecule has 1 atom stereocenters. The van der Waals surface area contributed by atoms with Gasteiger partial charge in [-0.3, -0.25) is 9.59 Å². The molecule has 6 heteroatoms. The molecule has 1 amide bonds. The lowest BCUT2D eigenvalue weighted by Crippen LogP contribution is -2.39. The van der Waals surface area contributed by atoms with E-state index in [1.165, 1.54) is 0 Å². The zero-order valence-corrected chi connectivity index (χ0v) is 18.9. The first-order chi connectivity index (χ1) is 14.6. The number of nitrogens with one attached hydrogen (secondary N) is 2. The molecule has 4 rings (SSSR count). The summed E-state index contributed by atoms with van der Waals surface area (Å²) in [4.78, 5) is 31.0. The lowest BCUT2D eigenvalue weighted by molar-refractivity contribution is -0.118. The second-order valence-electron chi connectivity index (χ2n) is 9.16. The number of allylic oxidation sites excluding steroid dienone is 3. The van der Waals surface area contributed by atoms with Gasteiger partial charge in [-0.25, -0.2) is 4.98 Å². The molecule has 31 heavy (non-hydrogen) atoms. The summed E-state index contributed by atoms with van der Waals surface area (Å²) in [5.41, 5.74) is 4.51. The van der Waals surface area contributed by atoms with Crippen molar-refractivity contribution in [3.05, 3.63) is 81.3 Å². The highest BCUT2D eigenvalue weighted by Gasteiger charge is 2.42. The van der Waals surface area contributed by atoms with Crippen LogP contribution in [0.15, 0.2) is 65.1 Å². The number of benzene rings is 1. The molecule has 2 heterocycles. The number of pyridine rings is 1. The summed E-state index contributed by atoms with van der Waals surface area (Å²) in [6, 6.07) is 11.1. The van der Waals surface area contributed by atoms with Crippen LogP contribution in [-0.2, 0) is 9.59 Å². The number of anilines is 1. The van der Waals surface area contributed by atoms with Crippen LogP contribution < -0.4 is 10.6 Å². The highest BCUT2D eigenvalue weighted by Crippen LogP contribution is 2.46. The zero-order chi connectivity index (χ0) is 22.3. The molecule has 0 spiro atoms. The van der Waals surface area contributed by atoms with Crippen molar-refractivity contribution in [2.75, 3.05) is 5.32 Å². The molecule has 1 aromatic heterocycles. The normalized spacial score (nSPS) is 20.3. The maximum Gasteiger partial charge on any atom is 0.255 e. The summed E-state index contributed by atoms with van der Waals surface area (Å²) in [6.45, 7) is 8.00. The van der Waals surface area contributed by atoms with Crippen molar-refractivity contribution >= 4 is 29.1 Å². The van der Waals surface area contributed by atoms with Crippen molar-refractivity contribution in [2.24, 2.45) is 5.41 Å². The third kappa shape index (κ3) is 4.28. The van der Waals surface area contributed by atoms with Crippen LogP contribution in [0.2, 0.25) is 5.02 Å². The fraction of sp³-hybridized carbons (Fsp3) is 0.320. The van der Waals surface area contributed by atoms with Crippen LogP contribution in [0.5, 0.6) is 0 Å². The Morgan fingerprint density at radius 2 is 1.97 bits per heavy atom. The van der Waals surface area contributed by atoms with Gasteiger partial charge in [-0.1, -0.05) is 43.6 Å². The number of nitrogens with zero attached hydrogens (tertiary/aromatic N) is 1. The van der Waals surface area contributed by atoms with Crippen molar-refractivity contribution in [3.8, 4) is 0 Å². The number of carbonyl (C=O) groups excluding carboxylic acids is 2. The Bertz CT molecular complexity index is 1130. The minimum absolute atomic E-state index is 0.0648. The van der Waals surface area contributed by atoms with E-state index in [2.05, 4.69) is 29.5 Å². The molecular formula is C25H26ClN3O2. The van der Waals surface area contributed by atoms with Crippen molar-refractivity contribution in [3.63, 3.8) is 0 Å². The minimum atomic E-state index is -0.482. The Morgan fingerprint density at radius 3 is 2.65 bits per heavy atom. The van der Waals surface area contributed by atoms with E-state index in [9.17, 15) is 9.59 Å². The minimum Gasteiger partial charge on any atom is -0.362 e. The number of Topliss-reactive ketones (excluding diaryl/α,β-unsaturated/α-hetero) is 1. The summed E-state index contributed by atoms with van der Waals surface area (Å²) >= 11 is 6.29. The number of hydrogen-bond donors (Lipinski definition) is 2. The van der Waals surface area contributed by atoms with Gasteiger partial charge < -0.3 is 10.6 Å². The molecule has 1 unspecified atom stereocenters. The third-order valence-electron chi connectivity index (χ3n) is 5.82. The first kappa shape index (κ1) is 21.3. The number of aromatic nitrogens is 1. The molecule has 2 N–H and O–H groups in total. The van der Waals surface area contributed by atoms with Gasteiger partial charge in [-0.05, 0) is 55.0 Å². The molecule has 1 aliphatic heterocycles. The van der Waals surface area contributed by atoms with E-state index in [0.717, 1.165) is 28.9 Å². The van der Waals surface area contributed by atoms with Gasteiger partial charge >= 0.3 is 0 Å². The number of hydrogen-bond acceptors (Lipinski definition) is 4. The molecule has 0 saturated heterocycles. The third-order valence-corrected chi connectivity index (χ3v) is 6.05. The van der Waals surface area contributed by atoms with Crippen LogP contribution in [0, 0.1) is 12.3 Å². The number of dihydropyridines is 1. The van der Waals surface area contributed by atoms with E-state index < -0.39 is 5.92 Å². The van der Waals surface area contributed by atoms with Crippen LogP contribution in [-0.4, -0.2) is 16.7 Å². The Balaban J connectivity index is 1.80. The standard InChI is InChI=1S/C25H26ClN3O2/c1-14-8-9-20(27-13-14)29-24(31)21-15(2)28-18-11-25(3,4)12-19(30)23(18)22(21)16-6-5-7-17(26)10-16/h5-10,13,22,28H,11-12H2,1-4H3,(H,27,29,31). The summed E-state index contributed by atoms with van der Waals surface area (Å²) in [5.74, 6) is -0.230. The van der Waals surface area contributed by atoms with Crippen LogP contribution in [0.3, 0.4) is 0 Å². The topological polar surface area (TPSA) is 71.1 Å². The predicted molar refractivity (Wildman–Crippen MR) is 123 cm³/mol. The van der Waals surface area contributed by atoms with Gasteiger partial charge in [-0.15, -0.1) is 0 Å². The summed E-state index contributed by atoms with van der Waals surface area (Å²) in [7, 11) is 0. The molecule has 2 aliphatic rings. The van der Waals surface area contributed by atoms with Crippen LogP contribution in [0.25, 0.3) is 0 Å². The number of rotatable bonds is 3. The maximum atomic E-state index is 13.4. The summed E-state index contributed by atoms with van der Waals surface area (Å²) in [5, 5.41) is 6.83. The highest BCUT2D eigenvalue weighted by molar-refractivity contribution is 6.30. The molecular weight excluding hydrogens is 410 g/mol. The van der Waals surface area contributed by atoms with Gasteiger partial charge in [-0.2, -0.15) is 0 Å². The van der Waals surface area contributed by atoms with Gasteiger partial charge in [0, 0.05) is 46.1 Å². The van der Waals surface area contributed by atoms with E-state index in [-0.39, 0.29) is 17.1 Å². The van der Waals surface area contributed by atoms with Gasteiger partial charge in [0.2, 0.25) is 0 Å². The fourth-order valence-corrected chi connectivity index (χ4v) is 4.68. The van der Waals surface area contributed by atoms with Crippen molar-refractivity contribution in [2.45, 2.75) is 46.5 Å². The van der Waals surface area contributed by atoms with Crippen LogP contribution >= 0.6 is 11.6 Å². The van der Waals surface area contributed by atoms with Gasteiger partial charge in [0.1, 0.15) is 5.82 Å². The van der Waals surface area contributed by atoms with Crippen molar-refractivity contribution < 1.29 is 9.59 Å². The Hall–Kier alpha value is -2.92. The molecule has 2 aromatic rings. The lowest BCUT2D eigenvalue weighted by Gasteiger charge is -2.39. The number of ketones is 1. The number of carbonyl (C=O) groups is 2. The van der Waals surface area contributed by atoms with Gasteiger partial charge in [0.25, 0.3) is 5.91 Å². The molecule has 1 aromatic carbocycles. The first-order valence-corrected chi connectivity index (χ1v) is 10.8. The molecule has 5 nitrogen and oxygen atoms in total. The van der Waals surface area contributed by atoms with E-state index in [4.69, 9.17) is 11.6 Å². The fourth-order valence-electron chi connectivity index (χ4n) is 4.48. The molecule has 0 bridgehead atoms. The Labute approximate surface area is 187 Å². The lowest BCUT2D eigenvalue weighted by atomic mass is 9.68.